The molecule has 2 aliphatic rings. The molecule has 0 bridgehead atoms. The molecule has 1 N–H and O–H groups in total. The first-order valence-corrected chi connectivity index (χ1v) is 8.27. The summed E-state index contributed by atoms with van der Waals surface area (Å²) < 4.78 is 0. The van der Waals surface area contributed by atoms with Crippen molar-refractivity contribution in [1.82, 2.24) is 9.80 Å². The fraction of sp³-hybridized carbons (Fsp3) is 0.278. The zero-order chi connectivity index (χ0) is 15.8. The van der Waals surface area contributed by atoms with E-state index in [2.05, 4.69) is 40.4 Å². The Morgan fingerprint density at radius 1 is 1.08 bits per heavy atom. The van der Waals surface area contributed by atoms with Crippen molar-refractivity contribution < 1.29 is 13.8 Å². The molecule has 1 fully saturated rings. The highest BCUT2D eigenvalue weighted by molar-refractivity contribution is 6.31. The molecular weight excluding hydrogens is 343 g/mol. The normalized spacial score (nSPS) is 16.9. The van der Waals surface area contributed by atoms with Gasteiger partial charge in [0.15, 0.2) is 0 Å². The molecule has 0 spiro atoms. The van der Waals surface area contributed by atoms with Crippen molar-refractivity contribution in [2.75, 3.05) is 38.5 Å². The van der Waals surface area contributed by atoms with Gasteiger partial charge < -0.3 is 27.5 Å². The van der Waals surface area contributed by atoms with Crippen LogP contribution in [0.25, 0.3) is 5.82 Å². The van der Waals surface area contributed by atoms with Gasteiger partial charge in [0.2, 0.25) is 0 Å². The number of halogens is 2. The highest BCUT2D eigenvalue weighted by Gasteiger charge is 2.19. The summed E-state index contributed by atoms with van der Waals surface area (Å²) in [5.41, 5.74) is 1.88. The van der Waals surface area contributed by atoms with Gasteiger partial charge in [0.25, 0.3) is 0 Å². The van der Waals surface area contributed by atoms with Gasteiger partial charge in [-0.1, -0.05) is 23.7 Å². The summed E-state index contributed by atoms with van der Waals surface area (Å²) in [6, 6.07) is 14.1. The Hall–Kier alpha value is -1.75. The molecule has 0 aliphatic carbocycles. The predicted molar refractivity (Wildman–Crippen MR) is 95.5 cm³/mol. The van der Waals surface area contributed by atoms with Crippen molar-refractivity contribution in [3.63, 3.8) is 0 Å². The average molecular weight is 363 g/mol. The lowest BCUT2D eigenvalue weighted by Crippen LogP contribution is -3.00. The fourth-order valence-electron chi connectivity index (χ4n) is 3.08. The SMILES string of the molecule is CN1CCN(C2=c3ccccc3=Nc3ccc(Cl)cc3N2)CC1.[Cl-].[H+]. The van der Waals surface area contributed by atoms with Gasteiger partial charge in [0.1, 0.15) is 5.82 Å². The monoisotopic (exact) mass is 362 g/mol. The number of likely N-dealkylation sites (N-methyl/N-ethyl adjacent to an activating group) is 1. The van der Waals surface area contributed by atoms with Crippen molar-refractivity contribution in [3.05, 3.63) is 58.1 Å². The summed E-state index contributed by atoms with van der Waals surface area (Å²) in [5.74, 6) is 1.12. The third kappa shape index (κ3) is 3.22. The molecule has 0 unspecified atom stereocenters. The molecule has 2 heterocycles. The Labute approximate surface area is 154 Å². The van der Waals surface area contributed by atoms with Crippen LogP contribution in [0.2, 0.25) is 5.02 Å². The molecule has 0 aromatic heterocycles. The van der Waals surface area contributed by atoms with E-state index in [1.165, 1.54) is 0 Å². The van der Waals surface area contributed by atoms with Gasteiger partial charge in [-0.15, -0.1) is 0 Å². The number of nitrogens with one attached hydrogen (secondary N) is 1. The molecular formula is C18H20Cl2N4. The minimum atomic E-state index is 0. The number of piperazine rings is 1. The summed E-state index contributed by atoms with van der Waals surface area (Å²) in [6.07, 6.45) is 0. The zero-order valence-electron chi connectivity index (χ0n) is 14.5. The van der Waals surface area contributed by atoms with E-state index >= 15 is 0 Å². The van der Waals surface area contributed by atoms with Gasteiger partial charge in [-0.25, -0.2) is 4.99 Å². The van der Waals surface area contributed by atoms with Crippen LogP contribution in [0.3, 0.4) is 0 Å². The molecule has 2 aromatic rings. The van der Waals surface area contributed by atoms with Crippen molar-refractivity contribution >= 4 is 28.8 Å². The third-order valence-corrected chi connectivity index (χ3v) is 4.67. The number of nitrogens with zero attached hydrogens (tertiary/aromatic N) is 3. The minimum absolute atomic E-state index is 0. The second-order valence-electron chi connectivity index (χ2n) is 6.05. The van der Waals surface area contributed by atoms with Gasteiger partial charge in [0, 0.05) is 36.4 Å². The minimum Gasteiger partial charge on any atom is -1.00 e. The molecule has 0 saturated carbocycles. The summed E-state index contributed by atoms with van der Waals surface area (Å²) in [4.78, 5) is 9.59. The fourth-order valence-corrected chi connectivity index (χ4v) is 3.25. The first kappa shape index (κ1) is 17.1. The van der Waals surface area contributed by atoms with Gasteiger partial charge in [0.05, 0.1) is 16.7 Å². The first-order valence-electron chi connectivity index (χ1n) is 7.89. The summed E-state index contributed by atoms with van der Waals surface area (Å²) >= 11 is 6.18. The molecule has 6 heteroatoms. The van der Waals surface area contributed by atoms with E-state index in [4.69, 9.17) is 16.6 Å². The maximum absolute atomic E-state index is 6.18. The maximum Gasteiger partial charge on any atom is 1.00 e. The highest BCUT2D eigenvalue weighted by Crippen LogP contribution is 2.30. The molecule has 2 aromatic carbocycles. The summed E-state index contributed by atoms with van der Waals surface area (Å²) in [6.45, 7) is 4.13. The molecule has 126 valence electrons. The van der Waals surface area contributed by atoms with E-state index in [9.17, 15) is 0 Å². The largest absolute Gasteiger partial charge is 1.00 e. The van der Waals surface area contributed by atoms with E-state index in [1.54, 1.807) is 0 Å². The first-order chi connectivity index (χ1) is 11.2. The average Bonchev–Trinajstić information content (AvgIpc) is 2.72. The Morgan fingerprint density at radius 3 is 2.62 bits per heavy atom. The van der Waals surface area contributed by atoms with Crippen molar-refractivity contribution in [1.29, 1.82) is 0 Å². The van der Waals surface area contributed by atoms with Crippen LogP contribution in [0.1, 0.15) is 1.43 Å². The van der Waals surface area contributed by atoms with Crippen LogP contribution < -0.4 is 28.3 Å². The molecule has 0 atom stereocenters. The van der Waals surface area contributed by atoms with Crippen LogP contribution in [0.5, 0.6) is 0 Å². The Morgan fingerprint density at radius 2 is 1.83 bits per heavy atom. The molecule has 2 aliphatic heterocycles. The summed E-state index contributed by atoms with van der Waals surface area (Å²) in [5, 5.41) is 6.44. The van der Waals surface area contributed by atoms with Gasteiger partial charge in [-0.2, -0.15) is 0 Å². The van der Waals surface area contributed by atoms with E-state index in [0.717, 1.165) is 59.0 Å². The number of benzene rings is 2. The van der Waals surface area contributed by atoms with Crippen LogP contribution in [0.4, 0.5) is 11.4 Å². The Balaban J connectivity index is 0.00000113. The molecule has 4 nitrogen and oxygen atoms in total. The number of anilines is 1. The van der Waals surface area contributed by atoms with Gasteiger partial charge in [-0.3, -0.25) is 0 Å². The number of para-hydroxylation sites is 1. The predicted octanol–water partition coefficient (Wildman–Crippen LogP) is -0.854. The smallest absolute Gasteiger partial charge is 1.00 e. The van der Waals surface area contributed by atoms with Crippen LogP contribution >= 0.6 is 11.6 Å². The highest BCUT2D eigenvalue weighted by atomic mass is 35.5. The zero-order valence-corrected chi connectivity index (χ0v) is 15.0. The molecule has 4 rings (SSSR count). The van der Waals surface area contributed by atoms with E-state index < -0.39 is 0 Å². The molecule has 0 amide bonds. The number of hydrogen-bond acceptors (Lipinski definition) is 4. The number of fused-ring (bicyclic) bond motifs is 2. The van der Waals surface area contributed by atoms with Gasteiger partial charge in [-0.05, 0) is 37.4 Å². The van der Waals surface area contributed by atoms with Crippen molar-refractivity contribution in [2.45, 2.75) is 0 Å². The number of hydrogen-bond donors (Lipinski definition) is 1. The van der Waals surface area contributed by atoms with Gasteiger partial charge >= 0.3 is 1.43 Å². The van der Waals surface area contributed by atoms with E-state index in [0.29, 0.717) is 0 Å². The topological polar surface area (TPSA) is 30.9 Å². The van der Waals surface area contributed by atoms with Crippen molar-refractivity contribution in [2.24, 2.45) is 4.99 Å². The van der Waals surface area contributed by atoms with E-state index in [-0.39, 0.29) is 13.8 Å². The lowest BCUT2D eigenvalue weighted by atomic mass is 10.2. The third-order valence-electron chi connectivity index (χ3n) is 4.43. The van der Waals surface area contributed by atoms with Crippen LogP contribution in [0, 0.1) is 0 Å². The van der Waals surface area contributed by atoms with Crippen LogP contribution in [0.15, 0.2) is 47.5 Å². The number of rotatable bonds is 1. The molecule has 0 radical (unpaired) electrons. The van der Waals surface area contributed by atoms with E-state index in [1.807, 2.05) is 24.3 Å². The quantitative estimate of drug-likeness (QED) is 0.716. The molecule has 24 heavy (non-hydrogen) atoms. The summed E-state index contributed by atoms with van der Waals surface area (Å²) in [7, 11) is 2.17. The Kier molecular flexibility index (Phi) is 4.99. The standard InChI is InChI=1S/C18H19ClN4.ClH/c1-22-8-10-23(11-9-22)18-14-4-2-3-5-15(14)20-16-7-6-13(19)12-17(16)21-18;/h2-7,12,21H,8-11H2,1H3;1H. The van der Waals surface area contributed by atoms with Crippen LogP contribution in [-0.2, 0) is 0 Å². The van der Waals surface area contributed by atoms with Crippen LogP contribution in [-0.4, -0.2) is 43.0 Å². The Bertz CT molecular complexity index is 864. The molecule has 1 saturated heterocycles. The van der Waals surface area contributed by atoms with Crippen molar-refractivity contribution in [3.8, 4) is 0 Å². The lowest BCUT2D eigenvalue weighted by molar-refractivity contribution is -0.00000460. The lowest BCUT2D eigenvalue weighted by Gasteiger charge is -2.35. The second-order valence-corrected chi connectivity index (χ2v) is 6.49. The maximum atomic E-state index is 6.18. The second kappa shape index (κ2) is 7.01.